The molecular formula is C14H16ClO3PS. The summed E-state index contributed by atoms with van der Waals surface area (Å²) in [7, 11) is -4.67. The van der Waals surface area contributed by atoms with Gasteiger partial charge in [-0.1, -0.05) is 60.7 Å². The van der Waals surface area contributed by atoms with E-state index in [0.29, 0.717) is 6.16 Å². The number of benzene rings is 2. The predicted octanol–water partition coefficient (Wildman–Crippen LogP) is 2.43. The van der Waals surface area contributed by atoms with Gasteiger partial charge in [-0.3, -0.25) is 4.55 Å². The van der Waals surface area contributed by atoms with E-state index in [1.807, 2.05) is 60.7 Å². The third-order valence-electron chi connectivity index (χ3n) is 2.71. The van der Waals surface area contributed by atoms with E-state index in [9.17, 15) is 8.42 Å². The maximum Gasteiger partial charge on any atom is 0.265 e. The van der Waals surface area contributed by atoms with Crippen molar-refractivity contribution in [3.8, 4) is 0 Å². The van der Waals surface area contributed by atoms with Crippen LogP contribution < -0.4 is 10.6 Å². The Kier molecular flexibility index (Phi) is 6.63. The molecule has 2 rings (SSSR count). The van der Waals surface area contributed by atoms with E-state index in [1.54, 1.807) is 0 Å². The summed E-state index contributed by atoms with van der Waals surface area (Å²) in [6.07, 6.45) is 0.433. The van der Waals surface area contributed by atoms with Gasteiger partial charge in [0, 0.05) is 0 Å². The van der Waals surface area contributed by atoms with Crippen LogP contribution in [0.5, 0.6) is 0 Å². The second kappa shape index (κ2) is 7.75. The molecule has 0 aliphatic carbocycles. The van der Waals surface area contributed by atoms with Crippen molar-refractivity contribution >= 4 is 41.1 Å². The standard InChI is InChI=1S/C14H15O3PS.ClH/c15-19(16,17)12-11-18(13-7-3-1-4-8-13)14-9-5-2-6-10-14;/h1-10H,11-12H2,(H,15,16,17);1H. The molecule has 3 nitrogen and oxygen atoms in total. The van der Waals surface area contributed by atoms with Gasteiger partial charge in [-0.25, -0.2) is 0 Å². The zero-order chi connectivity index (χ0) is 13.7. The average Bonchev–Trinajstić information content (AvgIpc) is 2.40. The lowest BCUT2D eigenvalue weighted by Gasteiger charge is -2.17. The molecule has 0 unspecified atom stereocenters. The second-order valence-corrected chi connectivity index (χ2v) is 8.02. The molecule has 0 saturated heterocycles. The Labute approximate surface area is 126 Å². The molecule has 0 fully saturated rings. The molecule has 0 atom stereocenters. The van der Waals surface area contributed by atoms with E-state index in [2.05, 4.69) is 0 Å². The fraction of sp³-hybridized carbons (Fsp3) is 0.143. The first kappa shape index (κ1) is 17.1. The molecule has 1 N–H and O–H groups in total. The van der Waals surface area contributed by atoms with Crippen LogP contribution in [0.2, 0.25) is 0 Å². The van der Waals surface area contributed by atoms with Crippen LogP contribution in [0.3, 0.4) is 0 Å². The molecule has 0 aliphatic heterocycles. The SMILES string of the molecule is Cl.O=S(=O)(O)CCP(c1ccccc1)c1ccccc1. The molecule has 108 valence electrons. The van der Waals surface area contributed by atoms with Crippen LogP contribution in [0, 0.1) is 0 Å². The van der Waals surface area contributed by atoms with Crippen LogP contribution in [-0.4, -0.2) is 24.9 Å². The Hall–Kier alpha value is -0.930. The Bertz CT molecular complexity index is 578. The molecule has 20 heavy (non-hydrogen) atoms. The van der Waals surface area contributed by atoms with Crippen LogP contribution in [-0.2, 0) is 10.1 Å². The topological polar surface area (TPSA) is 54.4 Å². The van der Waals surface area contributed by atoms with E-state index in [0.717, 1.165) is 10.6 Å². The smallest absolute Gasteiger partial charge is 0.265 e. The normalized spacial score (nSPS) is 11.1. The van der Waals surface area contributed by atoms with Crippen molar-refractivity contribution in [2.45, 2.75) is 0 Å². The molecule has 0 aliphatic rings. The number of halogens is 1. The Morgan fingerprint density at radius 1 is 0.850 bits per heavy atom. The van der Waals surface area contributed by atoms with Crippen LogP contribution in [0.4, 0.5) is 0 Å². The third kappa shape index (κ3) is 5.22. The predicted molar refractivity (Wildman–Crippen MR) is 87.6 cm³/mol. The van der Waals surface area contributed by atoms with Gasteiger partial charge in [-0.2, -0.15) is 8.42 Å². The monoisotopic (exact) mass is 330 g/mol. The van der Waals surface area contributed by atoms with Crippen molar-refractivity contribution in [2.24, 2.45) is 0 Å². The van der Waals surface area contributed by atoms with Gasteiger partial charge in [-0.05, 0) is 24.7 Å². The van der Waals surface area contributed by atoms with Crippen molar-refractivity contribution in [1.29, 1.82) is 0 Å². The van der Waals surface area contributed by atoms with E-state index in [1.165, 1.54) is 0 Å². The number of hydrogen-bond donors (Lipinski definition) is 1. The Morgan fingerprint density at radius 3 is 1.60 bits per heavy atom. The largest absolute Gasteiger partial charge is 0.286 e. The van der Waals surface area contributed by atoms with Gasteiger partial charge in [0.25, 0.3) is 10.1 Å². The Morgan fingerprint density at radius 2 is 1.25 bits per heavy atom. The van der Waals surface area contributed by atoms with Crippen molar-refractivity contribution in [2.75, 3.05) is 11.9 Å². The molecular weight excluding hydrogens is 315 g/mol. The summed E-state index contributed by atoms with van der Waals surface area (Å²) in [6.45, 7) is 0. The molecule has 0 aromatic heterocycles. The molecule has 2 aromatic carbocycles. The highest BCUT2D eigenvalue weighted by molar-refractivity contribution is 7.86. The molecule has 0 bridgehead atoms. The maximum absolute atomic E-state index is 11.0. The molecule has 0 heterocycles. The summed E-state index contributed by atoms with van der Waals surface area (Å²) < 4.78 is 30.9. The maximum atomic E-state index is 11.0. The molecule has 0 radical (unpaired) electrons. The van der Waals surface area contributed by atoms with E-state index < -0.39 is 18.0 Å². The van der Waals surface area contributed by atoms with Crippen molar-refractivity contribution in [3.63, 3.8) is 0 Å². The summed E-state index contributed by atoms with van der Waals surface area (Å²) in [6, 6.07) is 19.7. The van der Waals surface area contributed by atoms with Crippen LogP contribution in [0.1, 0.15) is 0 Å². The lowest BCUT2D eigenvalue weighted by Crippen LogP contribution is -2.18. The summed E-state index contributed by atoms with van der Waals surface area (Å²) >= 11 is 0. The summed E-state index contributed by atoms with van der Waals surface area (Å²) in [4.78, 5) is 0. The van der Waals surface area contributed by atoms with E-state index >= 15 is 0 Å². The van der Waals surface area contributed by atoms with Crippen molar-refractivity contribution in [1.82, 2.24) is 0 Å². The van der Waals surface area contributed by atoms with E-state index in [4.69, 9.17) is 4.55 Å². The van der Waals surface area contributed by atoms with Gasteiger partial charge in [0.15, 0.2) is 0 Å². The summed E-state index contributed by atoms with van der Waals surface area (Å²) in [5.41, 5.74) is 0. The van der Waals surface area contributed by atoms with Gasteiger partial charge in [0.1, 0.15) is 0 Å². The molecule has 0 amide bonds. The summed E-state index contributed by atoms with van der Waals surface area (Å²) in [5.74, 6) is -0.206. The van der Waals surface area contributed by atoms with Gasteiger partial charge < -0.3 is 0 Å². The van der Waals surface area contributed by atoms with Crippen LogP contribution >= 0.6 is 20.3 Å². The quantitative estimate of drug-likeness (QED) is 0.676. The fourth-order valence-corrected chi connectivity index (χ4v) is 5.36. The highest BCUT2D eigenvalue weighted by Crippen LogP contribution is 2.33. The average molecular weight is 331 g/mol. The minimum absolute atomic E-state index is 0. The van der Waals surface area contributed by atoms with Crippen molar-refractivity contribution < 1.29 is 13.0 Å². The highest BCUT2D eigenvalue weighted by atomic mass is 35.5. The zero-order valence-electron chi connectivity index (χ0n) is 10.7. The molecule has 0 saturated carbocycles. The van der Waals surface area contributed by atoms with Gasteiger partial charge in [0.2, 0.25) is 0 Å². The minimum atomic E-state index is -3.92. The van der Waals surface area contributed by atoms with Crippen LogP contribution in [0.15, 0.2) is 60.7 Å². The number of rotatable bonds is 5. The van der Waals surface area contributed by atoms with Crippen LogP contribution in [0.25, 0.3) is 0 Å². The Balaban J connectivity index is 0.00000200. The van der Waals surface area contributed by atoms with Gasteiger partial charge in [0.05, 0.1) is 5.75 Å². The van der Waals surface area contributed by atoms with E-state index in [-0.39, 0.29) is 18.2 Å². The second-order valence-electron chi connectivity index (χ2n) is 4.11. The lowest BCUT2D eigenvalue weighted by atomic mass is 10.4. The highest BCUT2D eigenvalue weighted by Gasteiger charge is 2.16. The first-order valence-corrected chi connectivity index (χ1v) is 9.03. The number of hydrogen-bond acceptors (Lipinski definition) is 2. The minimum Gasteiger partial charge on any atom is -0.286 e. The zero-order valence-corrected chi connectivity index (χ0v) is 13.2. The molecule has 0 spiro atoms. The van der Waals surface area contributed by atoms with Crippen molar-refractivity contribution in [3.05, 3.63) is 60.7 Å². The molecule has 6 heteroatoms. The third-order valence-corrected chi connectivity index (χ3v) is 6.24. The summed E-state index contributed by atoms with van der Waals surface area (Å²) in [5, 5.41) is 2.24. The molecule has 2 aromatic rings. The lowest BCUT2D eigenvalue weighted by molar-refractivity contribution is 0.485. The fourth-order valence-electron chi connectivity index (χ4n) is 1.83. The first-order chi connectivity index (χ1) is 9.06. The van der Waals surface area contributed by atoms with Gasteiger partial charge in [-0.15, -0.1) is 12.4 Å². The first-order valence-electron chi connectivity index (χ1n) is 5.89. The van der Waals surface area contributed by atoms with Gasteiger partial charge >= 0.3 is 0 Å².